The van der Waals surface area contributed by atoms with Crippen molar-refractivity contribution in [1.29, 1.82) is 0 Å². The number of methoxy groups -OCH3 is 1. The first-order chi connectivity index (χ1) is 16.8. The van der Waals surface area contributed by atoms with Gasteiger partial charge in [0.2, 0.25) is 5.43 Å². The van der Waals surface area contributed by atoms with Crippen LogP contribution in [-0.2, 0) is 7.05 Å². The summed E-state index contributed by atoms with van der Waals surface area (Å²) in [7, 11) is 3.29. The summed E-state index contributed by atoms with van der Waals surface area (Å²) in [5, 5.41) is 10.2. The molecule has 0 radical (unpaired) electrons. The molecule has 1 saturated heterocycles. The Hall–Kier alpha value is -4.14. The molecule has 1 N–H and O–H groups in total. The summed E-state index contributed by atoms with van der Waals surface area (Å²) in [5.41, 5.74) is 1.25. The van der Waals surface area contributed by atoms with Crippen molar-refractivity contribution < 1.29 is 19.0 Å². The van der Waals surface area contributed by atoms with Crippen molar-refractivity contribution in [2.45, 2.75) is 13.0 Å². The molecule has 0 bridgehead atoms. The average Bonchev–Trinajstić information content (AvgIpc) is 2.85. The molecule has 180 valence electrons. The average molecular weight is 477 g/mol. The Kier molecular flexibility index (Phi) is 5.55. The summed E-state index contributed by atoms with van der Waals surface area (Å²) in [6, 6.07) is 10.7. The van der Waals surface area contributed by atoms with Crippen molar-refractivity contribution in [1.82, 2.24) is 9.55 Å². The second-order valence-corrected chi connectivity index (χ2v) is 8.79. The third-order valence-corrected chi connectivity index (χ3v) is 6.68. The highest BCUT2D eigenvalue weighted by Gasteiger charge is 2.28. The second-order valence-electron chi connectivity index (χ2n) is 8.79. The third kappa shape index (κ3) is 3.73. The molecule has 1 aliphatic rings. The molecule has 0 amide bonds. The fourth-order valence-electron chi connectivity index (χ4n) is 4.96. The Bertz CT molecular complexity index is 1530. The molecule has 9 heteroatoms. The number of carbonyl (C=O) groups is 1. The Labute approximate surface area is 200 Å². The molecule has 0 aliphatic carbocycles. The Balaban J connectivity index is 1.59. The van der Waals surface area contributed by atoms with Gasteiger partial charge in [0.05, 0.1) is 35.4 Å². The van der Waals surface area contributed by atoms with Crippen LogP contribution in [0.15, 0.2) is 53.6 Å². The van der Waals surface area contributed by atoms with Crippen LogP contribution in [0.4, 0.5) is 15.8 Å². The van der Waals surface area contributed by atoms with Gasteiger partial charge in [0.15, 0.2) is 0 Å². The Morgan fingerprint density at radius 2 is 2.03 bits per heavy atom. The number of aromatic nitrogens is 2. The maximum atomic E-state index is 15.2. The van der Waals surface area contributed by atoms with E-state index in [1.54, 1.807) is 18.7 Å². The lowest BCUT2D eigenvalue weighted by Gasteiger charge is -2.42. The van der Waals surface area contributed by atoms with Gasteiger partial charge in [-0.15, -0.1) is 0 Å². The molecular weight excluding hydrogens is 451 g/mol. The van der Waals surface area contributed by atoms with E-state index in [1.165, 1.54) is 24.5 Å². The zero-order valence-electron chi connectivity index (χ0n) is 19.7. The summed E-state index contributed by atoms with van der Waals surface area (Å²) in [4.78, 5) is 33.4. The summed E-state index contributed by atoms with van der Waals surface area (Å²) in [5.74, 6) is -0.963. The van der Waals surface area contributed by atoms with E-state index in [1.807, 2.05) is 29.2 Å². The number of piperazine rings is 1. The van der Waals surface area contributed by atoms with Gasteiger partial charge in [0.1, 0.15) is 17.1 Å². The summed E-state index contributed by atoms with van der Waals surface area (Å²) in [6.07, 6.45) is 2.79. The third-order valence-electron chi connectivity index (χ3n) is 6.68. The maximum absolute atomic E-state index is 15.2. The summed E-state index contributed by atoms with van der Waals surface area (Å²) < 4.78 is 22.2. The molecule has 5 rings (SSSR count). The van der Waals surface area contributed by atoms with E-state index < -0.39 is 17.2 Å². The minimum absolute atomic E-state index is 0.0671. The number of aryl methyl sites for hydroxylation is 1. The molecule has 0 saturated carbocycles. The zero-order valence-corrected chi connectivity index (χ0v) is 19.7. The largest absolute Gasteiger partial charge is 0.497 e. The highest BCUT2D eigenvalue weighted by molar-refractivity contribution is 6.09. The molecule has 4 aromatic rings. The predicted molar refractivity (Wildman–Crippen MR) is 133 cm³/mol. The van der Waals surface area contributed by atoms with Crippen LogP contribution in [0.1, 0.15) is 17.3 Å². The normalized spacial score (nSPS) is 16.2. The van der Waals surface area contributed by atoms with Crippen LogP contribution in [-0.4, -0.2) is 53.4 Å². The lowest BCUT2D eigenvalue weighted by molar-refractivity contribution is 0.0695. The maximum Gasteiger partial charge on any atom is 0.341 e. The molecule has 1 fully saturated rings. The molecule has 2 aromatic heterocycles. The van der Waals surface area contributed by atoms with E-state index in [-0.39, 0.29) is 17.0 Å². The van der Waals surface area contributed by atoms with Crippen molar-refractivity contribution in [2.24, 2.45) is 7.05 Å². The van der Waals surface area contributed by atoms with Crippen LogP contribution >= 0.6 is 0 Å². The van der Waals surface area contributed by atoms with Crippen LogP contribution in [0.2, 0.25) is 0 Å². The summed E-state index contributed by atoms with van der Waals surface area (Å²) in [6.45, 7) is 3.82. The lowest BCUT2D eigenvalue weighted by Crippen LogP contribution is -2.52. The van der Waals surface area contributed by atoms with Gasteiger partial charge >= 0.3 is 5.97 Å². The van der Waals surface area contributed by atoms with Gasteiger partial charge in [-0.3, -0.25) is 9.78 Å². The van der Waals surface area contributed by atoms with Crippen molar-refractivity contribution in [2.75, 3.05) is 36.5 Å². The van der Waals surface area contributed by atoms with Crippen LogP contribution in [0.25, 0.3) is 21.8 Å². The second kappa shape index (κ2) is 8.57. The number of nitrogens with zero attached hydrogens (tertiary/aromatic N) is 4. The number of carboxylic acid groups (broad SMARTS) is 1. The van der Waals surface area contributed by atoms with E-state index >= 15 is 4.39 Å². The van der Waals surface area contributed by atoms with Crippen LogP contribution in [0.5, 0.6) is 5.75 Å². The van der Waals surface area contributed by atoms with E-state index in [4.69, 9.17) is 4.74 Å². The zero-order chi connectivity index (χ0) is 24.9. The first-order valence-electron chi connectivity index (χ1n) is 11.3. The van der Waals surface area contributed by atoms with E-state index in [0.29, 0.717) is 41.7 Å². The number of fused-ring (bicyclic) bond motifs is 3. The fourth-order valence-corrected chi connectivity index (χ4v) is 4.96. The van der Waals surface area contributed by atoms with Gasteiger partial charge in [-0.2, -0.15) is 0 Å². The van der Waals surface area contributed by atoms with Gasteiger partial charge in [-0.05, 0) is 31.2 Å². The molecule has 1 atom stereocenters. The molecule has 2 aromatic carbocycles. The number of pyridine rings is 2. The number of benzene rings is 2. The smallest absolute Gasteiger partial charge is 0.341 e. The van der Waals surface area contributed by atoms with Crippen LogP contribution < -0.4 is 20.0 Å². The number of carboxylic acids is 1. The van der Waals surface area contributed by atoms with Gasteiger partial charge < -0.3 is 24.2 Å². The van der Waals surface area contributed by atoms with Crippen molar-refractivity contribution >= 4 is 39.1 Å². The Morgan fingerprint density at radius 3 is 2.74 bits per heavy atom. The topological polar surface area (TPSA) is 87.9 Å². The number of hydrogen-bond acceptors (Lipinski definition) is 6. The van der Waals surface area contributed by atoms with Crippen molar-refractivity contribution in [3.05, 3.63) is 70.4 Å². The van der Waals surface area contributed by atoms with Gasteiger partial charge in [0.25, 0.3) is 0 Å². The fraction of sp³-hybridized carbons (Fsp3) is 0.269. The van der Waals surface area contributed by atoms with Gasteiger partial charge in [-0.25, -0.2) is 9.18 Å². The number of hydrogen-bond donors (Lipinski definition) is 1. The monoisotopic (exact) mass is 476 g/mol. The Morgan fingerprint density at radius 1 is 1.23 bits per heavy atom. The highest BCUT2D eigenvalue weighted by atomic mass is 19.1. The molecule has 35 heavy (non-hydrogen) atoms. The minimum atomic E-state index is -1.30. The number of aromatic carboxylic acids is 1. The van der Waals surface area contributed by atoms with Gasteiger partial charge in [-0.1, -0.05) is 6.07 Å². The first-order valence-corrected chi connectivity index (χ1v) is 11.3. The quantitative estimate of drug-likeness (QED) is 0.450. The SMILES string of the molecule is COc1cccc(N2CCN(c3c(F)ccc4c3ncc3c4c(=O)c(C(=O)O)cn3C)CC2C)c1. The van der Waals surface area contributed by atoms with Gasteiger partial charge in [0, 0.05) is 56.1 Å². The summed E-state index contributed by atoms with van der Waals surface area (Å²) >= 11 is 0. The van der Waals surface area contributed by atoms with E-state index in [0.717, 1.165) is 11.4 Å². The highest BCUT2D eigenvalue weighted by Crippen LogP contribution is 2.34. The molecule has 3 heterocycles. The first kappa shape index (κ1) is 22.6. The number of rotatable bonds is 4. The van der Waals surface area contributed by atoms with Crippen LogP contribution in [0, 0.1) is 5.82 Å². The molecule has 1 unspecified atom stereocenters. The minimum Gasteiger partial charge on any atom is -0.497 e. The molecule has 8 nitrogen and oxygen atoms in total. The molecule has 0 spiro atoms. The number of ether oxygens (including phenoxy) is 1. The van der Waals surface area contributed by atoms with Crippen LogP contribution in [0.3, 0.4) is 0 Å². The standard InChI is InChI=1S/C26H25FN4O4/c1-15-13-30(9-10-31(15)16-5-4-6-17(11-16)35-3)24-20(27)8-7-18-22-21(12-28-23(18)24)29(2)14-19(25(22)32)26(33)34/h4-8,11-12,14-15H,9-10,13H2,1-3H3,(H,33,34). The predicted octanol–water partition coefficient (Wildman–Crippen LogP) is 3.65. The molecule has 1 aliphatic heterocycles. The van der Waals surface area contributed by atoms with E-state index in [2.05, 4.69) is 16.8 Å². The van der Waals surface area contributed by atoms with E-state index in [9.17, 15) is 14.7 Å². The molecular formula is C26H25FN4O4. The van der Waals surface area contributed by atoms with Crippen molar-refractivity contribution in [3.8, 4) is 5.75 Å². The lowest BCUT2D eigenvalue weighted by atomic mass is 10.0. The number of anilines is 2. The number of halogens is 1. The van der Waals surface area contributed by atoms with Crippen molar-refractivity contribution in [3.63, 3.8) is 0 Å².